The molecule has 1 fully saturated rings. The third-order valence-electron chi connectivity index (χ3n) is 4.17. The van der Waals surface area contributed by atoms with Crippen LogP contribution < -0.4 is 20.9 Å². The number of hydrogen-bond acceptors (Lipinski definition) is 8. The highest BCUT2D eigenvalue weighted by atomic mass is 35.5. The molecule has 1 amide bonds. The number of nitrogens with one attached hydrogen (secondary N) is 1. The molecule has 0 unspecified atom stereocenters. The lowest BCUT2D eigenvalue weighted by atomic mass is 10.1. The number of methoxy groups -OCH3 is 1. The van der Waals surface area contributed by atoms with Gasteiger partial charge in [0.1, 0.15) is 22.3 Å². The summed E-state index contributed by atoms with van der Waals surface area (Å²) in [5, 5.41) is 4.53. The van der Waals surface area contributed by atoms with Crippen molar-refractivity contribution in [3.63, 3.8) is 0 Å². The second kappa shape index (κ2) is 8.38. The van der Waals surface area contributed by atoms with E-state index in [-0.39, 0.29) is 11.9 Å². The van der Waals surface area contributed by atoms with Crippen molar-refractivity contribution in [3.05, 3.63) is 35.0 Å². The van der Waals surface area contributed by atoms with Gasteiger partial charge in [0.25, 0.3) is 5.91 Å². The van der Waals surface area contributed by atoms with Gasteiger partial charge in [-0.25, -0.2) is 15.8 Å². The van der Waals surface area contributed by atoms with Crippen LogP contribution in [0.4, 0.5) is 17.5 Å². The molecular weight excluding hydrogens is 372 g/mol. The van der Waals surface area contributed by atoms with Crippen molar-refractivity contribution in [2.75, 3.05) is 50.8 Å². The van der Waals surface area contributed by atoms with Gasteiger partial charge in [0.2, 0.25) is 5.95 Å². The molecule has 0 radical (unpaired) electrons. The first-order chi connectivity index (χ1) is 13.0. The zero-order valence-corrected chi connectivity index (χ0v) is 15.9. The minimum absolute atomic E-state index is 0.0769. The summed E-state index contributed by atoms with van der Waals surface area (Å²) in [5.74, 6) is 7.22. The van der Waals surface area contributed by atoms with Crippen molar-refractivity contribution >= 4 is 35.0 Å². The first-order valence-corrected chi connectivity index (χ1v) is 8.73. The summed E-state index contributed by atoms with van der Waals surface area (Å²) >= 11 is 6.01. The van der Waals surface area contributed by atoms with E-state index in [0.717, 1.165) is 0 Å². The highest BCUT2D eigenvalue weighted by Gasteiger charge is 2.21. The van der Waals surface area contributed by atoms with Crippen molar-refractivity contribution < 1.29 is 14.3 Å². The van der Waals surface area contributed by atoms with Gasteiger partial charge in [-0.1, -0.05) is 11.6 Å². The molecule has 0 atom stereocenters. The van der Waals surface area contributed by atoms with Gasteiger partial charge in [-0.3, -0.25) is 4.79 Å². The molecule has 0 saturated carbocycles. The fourth-order valence-electron chi connectivity index (χ4n) is 2.72. The van der Waals surface area contributed by atoms with E-state index in [2.05, 4.69) is 15.3 Å². The summed E-state index contributed by atoms with van der Waals surface area (Å²) < 4.78 is 10.7. The molecule has 3 rings (SSSR count). The molecule has 9 nitrogen and oxygen atoms in total. The van der Waals surface area contributed by atoms with E-state index in [0.29, 0.717) is 54.1 Å². The second-order valence-corrected chi connectivity index (χ2v) is 6.18. The molecule has 1 aliphatic rings. The fraction of sp³-hybridized carbons (Fsp3) is 0.353. The molecule has 2 heterocycles. The second-order valence-electron chi connectivity index (χ2n) is 5.78. The molecule has 0 aliphatic carbocycles. The van der Waals surface area contributed by atoms with E-state index in [1.165, 1.54) is 18.3 Å². The predicted octanol–water partition coefficient (Wildman–Crippen LogP) is 1.66. The Kier molecular flexibility index (Phi) is 5.94. The van der Waals surface area contributed by atoms with Crippen molar-refractivity contribution in [2.24, 2.45) is 5.84 Å². The Bertz CT molecular complexity index is 828. The SMILES string of the molecule is CNc1nc(N(N)c2ccc(C(=O)N3CCOCC3)cc2OC)ncc1Cl. The zero-order valence-electron chi connectivity index (χ0n) is 15.1. The summed E-state index contributed by atoms with van der Waals surface area (Å²) in [7, 11) is 3.21. The van der Waals surface area contributed by atoms with E-state index in [9.17, 15) is 4.79 Å². The zero-order chi connectivity index (χ0) is 19.4. The number of rotatable bonds is 5. The lowest BCUT2D eigenvalue weighted by Gasteiger charge is -2.27. The topological polar surface area (TPSA) is 106 Å². The standard InChI is InChI=1S/C17H21ClN6O3/c1-20-15-12(18)10-21-17(22-15)24(19)13-4-3-11(9-14(13)26-2)16(25)23-5-7-27-8-6-23/h3-4,9-10H,5-8,19H2,1-2H3,(H,20,21,22). The van der Waals surface area contributed by atoms with Gasteiger partial charge in [-0.2, -0.15) is 4.98 Å². The van der Waals surface area contributed by atoms with Gasteiger partial charge in [-0.05, 0) is 18.2 Å². The minimum Gasteiger partial charge on any atom is -0.494 e. The molecule has 27 heavy (non-hydrogen) atoms. The Hall–Kier alpha value is -2.62. The fourth-order valence-corrected chi connectivity index (χ4v) is 2.90. The number of nitrogens with two attached hydrogens (primary N) is 1. The van der Waals surface area contributed by atoms with Crippen LogP contribution in [0.5, 0.6) is 5.75 Å². The number of halogens is 1. The highest BCUT2D eigenvalue weighted by molar-refractivity contribution is 6.32. The number of benzene rings is 1. The van der Waals surface area contributed by atoms with Crippen LogP contribution in [0.1, 0.15) is 10.4 Å². The molecule has 1 aromatic carbocycles. The summed E-state index contributed by atoms with van der Waals surface area (Å²) in [6, 6.07) is 5.05. The molecule has 3 N–H and O–H groups in total. The molecule has 10 heteroatoms. The molecule has 0 bridgehead atoms. The maximum absolute atomic E-state index is 12.7. The van der Waals surface area contributed by atoms with Gasteiger partial charge in [-0.15, -0.1) is 0 Å². The average molecular weight is 393 g/mol. The number of ether oxygens (including phenoxy) is 2. The van der Waals surface area contributed by atoms with Crippen LogP contribution in [-0.4, -0.2) is 61.2 Å². The number of aromatic nitrogens is 2. The Morgan fingerprint density at radius 2 is 2.15 bits per heavy atom. The molecule has 1 aliphatic heterocycles. The summed E-state index contributed by atoms with van der Waals surface area (Å²) in [5.41, 5.74) is 1.03. The predicted molar refractivity (Wildman–Crippen MR) is 103 cm³/mol. The first-order valence-electron chi connectivity index (χ1n) is 8.35. The van der Waals surface area contributed by atoms with Crippen molar-refractivity contribution in [2.45, 2.75) is 0 Å². The number of morpholine rings is 1. The molecule has 1 saturated heterocycles. The van der Waals surface area contributed by atoms with Crippen LogP contribution in [0.2, 0.25) is 5.02 Å². The highest BCUT2D eigenvalue weighted by Crippen LogP contribution is 2.32. The lowest BCUT2D eigenvalue weighted by Crippen LogP contribution is -2.40. The quantitative estimate of drug-likeness (QED) is 0.584. The number of nitrogens with zero attached hydrogens (tertiary/aromatic N) is 4. The number of anilines is 3. The van der Waals surface area contributed by atoms with Crippen molar-refractivity contribution in [1.82, 2.24) is 14.9 Å². The van der Waals surface area contributed by atoms with Gasteiger partial charge in [0.15, 0.2) is 0 Å². The van der Waals surface area contributed by atoms with Gasteiger partial charge in [0.05, 0.1) is 26.5 Å². The monoisotopic (exact) mass is 392 g/mol. The maximum Gasteiger partial charge on any atom is 0.254 e. The molecule has 144 valence electrons. The number of carbonyl (C=O) groups excluding carboxylic acids is 1. The molecule has 2 aromatic rings. The number of hydrogen-bond donors (Lipinski definition) is 2. The Labute approximate surface area is 162 Å². The van der Waals surface area contributed by atoms with Gasteiger partial charge >= 0.3 is 0 Å². The van der Waals surface area contributed by atoms with E-state index < -0.39 is 0 Å². The van der Waals surface area contributed by atoms with E-state index in [1.54, 1.807) is 30.1 Å². The number of carbonyl (C=O) groups is 1. The Balaban J connectivity index is 1.88. The van der Waals surface area contributed by atoms with Crippen LogP contribution >= 0.6 is 11.6 Å². The third-order valence-corrected chi connectivity index (χ3v) is 4.44. The van der Waals surface area contributed by atoms with Crippen LogP contribution in [0.25, 0.3) is 0 Å². The molecule has 1 aromatic heterocycles. The first kappa shape index (κ1) is 19.2. The van der Waals surface area contributed by atoms with Gasteiger partial charge in [0, 0.05) is 25.7 Å². The van der Waals surface area contributed by atoms with Crippen LogP contribution in [0, 0.1) is 0 Å². The molecule has 0 spiro atoms. The van der Waals surface area contributed by atoms with Crippen molar-refractivity contribution in [1.29, 1.82) is 0 Å². The largest absolute Gasteiger partial charge is 0.494 e. The molecular formula is C17H21ClN6O3. The van der Waals surface area contributed by atoms with Crippen LogP contribution in [0.3, 0.4) is 0 Å². The van der Waals surface area contributed by atoms with Crippen molar-refractivity contribution in [3.8, 4) is 5.75 Å². The van der Waals surface area contributed by atoms with E-state index >= 15 is 0 Å². The van der Waals surface area contributed by atoms with E-state index in [1.807, 2.05) is 0 Å². The Morgan fingerprint density at radius 1 is 1.41 bits per heavy atom. The van der Waals surface area contributed by atoms with Crippen LogP contribution in [-0.2, 0) is 4.74 Å². The minimum atomic E-state index is -0.0769. The van der Waals surface area contributed by atoms with E-state index in [4.69, 9.17) is 26.9 Å². The summed E-state index contributed by atoms with van der Waals surface area (Å²) in [4.78, 5) is 22.8. The smallest absolute Gasteiger partial charge is 0.254 e. The summed E-state index contributed by atoms with van der Waals surface area (Å²) in [6.45, 7) is 2.22. The number of hydrazine groups is 1. The van der Waals surface area contributed by atoms with Crippen LogP contribution in [0.15, 0.2) is 24.4 Å². The average Bonchev–Trinajstić information content (AvgIpc) is 2.73. The number of amides is 1. The summed E-state index contributed by atoms with van der Waals surface area (Å²) in [6.07, 6.45) is 1.46. The third kappa shape index (κ3) is 4.05. The normalized spacial score (nSPS) is 14.0. The van der Waals surface area contributed by atoms with Gasteiger partial charge < -0.3 is 19.7 Å². The Morgan fingerprint density at radius 3 is 2.81 bits per heavy atom. The lowest BCUT2D eigenvalue weighted by molar-refractivity contribution is 0.0302. The maximum atomic E-state index is 12.7.